The minimum Gasteiger partial charge on any atom is -0.382 e. The molecule has 0 unspecified atom stereocenters. The van der Waals surface area contributed by atoms with Crippen molar-refractivity contribution in [1.82, 2.24) is 14.5 Å². The number of hydrogen-bond acceptors (Lipinski definition) is 8. The summed E-state index contributed by atoms with van der Waals surface area (Å²) >= 11 is 0. The summed E-state index contributed by atoms with van der Waals surface area (Å²) in [6.45, 7) is -1.14. The van der Waals surface area contributed by atoms with Crippen molar-refractivity contribution >= 4 is 48.1 Å². The zero-order chi connectivity index (χ0) is 30.7. The van der Waals surface area contributed by atoms with Crippen LogP contribution in [0.15, 0.2) is 71.9 Å². The highest BCUT2D eigenvalue weighted by Crippen LogP contribution is 2.31. The summed E-state index contributed by atoms with van der Waals surface area (Å²) in [4.78, 5) is 7.67. The topological polar surface area (TPSA) is 135 Å². The molecular formula is C28H27F3N6O4S2. The van der Waals surface area contributed by atoms with E-state index in [1.165, 1.54) is 36.7 Å². The fourth-order valence-corrected chi connectivity index (χ4v) is 7.13. The van der Waals surface area contributed by atoms with Gasteiger partial charge in [-0.3, -0.25) is 0 Å². The Balaban J connectivity index is 1.31. The summed E-state index contributed by atoms with van der Waals surface area (Å²) in [7, 11) is -6.95. The number of anilines is 3. The van der Waals surface area contributed by atoms with Crippen molar-refractivity contribution in [2.75, 3.05) is 33.4 Å². The number of benzene rings is 2. The van der Waals surface area contributed by atoms with Crippen LogP contribution in [0, 0.1) is 11.8 Å². The van der Waals surface area contributed by atoms with E-state index in [-0.39, 0.29) is 40.6 Å². The Morgan fingerprint density at radius 2 is 1.70 bits per heavy atom. The molecule has 226 valence electrons. The lowest BCUT2D eigenvalue weighted by Gasteiger charge is -2.24. The Bertz CT molecular complexity index is 1870. The minimum absolute atomic E-state index is 0.00693. The Morgan fingerprint density at radius 3 is 2.37 bits per heavy atom. The van der Waals surface area contributed by atoms with Crippen LogP contribution in [0.4, 0.5) is 30.5 Å². The third kappa shape index (κ3) is 7.76. The first-order valence-electron chi connectivity index (χ1n) is 13.2. The number of aromatic nitrogens is 3. The monoisotopic (exact) mass is 632 g/mol. The molecule has 0 radical (unpaired) electrons. The molecule has 1 aliphatic heterocycles. The maximum Gasteiger partial charge on any atom is 0.406 e. The molecular weight excluding hydrogens is 605 g/mol. The number of halogens is 3. The number of hydrogen-bond donors (Lipinski definition) is 3. The summed E-state index contributed by atoms with van der Waals surface area (Å²) < 4.78 is 92.6. The fourth-order valence-electron chi connectivity index (χ4n) is 4.68. The largest absolute Gasteiger partial charge is 0.406 e. The highest BCUT2D eigenvalue weighted by atomic mass is 32.2. The normalized spacial score (nSPS) is 15.4. The van der Waals surface area contributed by atoms with E-state index in [1.54, 1.807) is 30.3 Å². The second kappa shape index (κ2) is 12.1. The molecule has 0 aliphatic carbocycles. The summed E-state index contributed by atoms with van der Waals surface area (Å²) in [6.07, 6.45) is -0.822. The van der Waals surface area contributed by atoms with Gasteiger partial charge in [-0.2, -0.15) is 13.2 Å². The summed E-state index contributed by atoms with van der Waals surface area (Å²) in [5.41, 5.74) is 1.70. The zero-order valence-corrected chi connectivity index (χ0v) is 24.2. The van der Waals surface area contributed by atoms with Gasteiger partial charge in [-0.05, 0) is 67.3 Å². The molecule has 0 saturated carbocycles. The molecule has 1 fully saturated rings. The fraction of sp³-hybridized carbons (Fsp3) is 0.286. The molecule has 1 saturated heterocycles. The van der Waals surface area contributed by atoms with Crippen LogP contribution in [-0.4, -0.2) is 61.6 Å². The number of nitrogens with one attached hydrogen (secondary N) is 3. The molecule has 0 spiro atoms. The van der Waals surface area contributed by atoms with Gasteiger partial charge >= 0.3 is 6.18 Å². The third-order valence-corrected chi connectivity index (χ3v) is 9.81. The van der Waals surface area contributed by atoms with Gasteiger partial charge in [-0.15, -0.1) is 0 Å². The molecule has 10 nitrogen and oxygen atoms in total. The maximum absolute atomic E-state index is 13.5. The van der Waals surface area contributed by atoms with Gasteiger partial charge in [-0.25, -0.2) is 31.5 Å². The Labute approximate surface area is 246 Å². The first kappa shape index (κ1) is 30.2. The standard InChI is InChI=1S/C28H27F3N6O4S2/c29-28(30,31)19-37-22(18-24-25(5-1-6-26(24)37)35-21-11-16-42(38,39)17-12-21)4-2-13-32-20-7-9-23(10-8-20)43(40,41)36-27-33-14-3-15-34-27/h1,3,5-10,14-15,18,21,32,35H,11-13,16-17,19H2,(H,33,34,36). The summed E-state index contributed by atoms with van der Waals surface area (Å²) in [6, 6.07) is 13.9. The van der Waals surface area contributed by atoms with Gasteiger partial charge < -0.3 is 15.2 Å². The van der Waals surface area contributed by atoms with E-state index >= 15 is 0 Å². The van der Waals surface area contributed by atoms with Crippen molar-refractivity contribution in [3.05, 3.63) is 72.7 Å². The quantitative estimate of drug-likeness (QED) is 0.246. The number of fused-ring (bicyclic) bond motifs is 1. The second-order valence-corrected chi connectivity index (χ2v) is 13.9. The van der Waals surface area contributed by atoms with E-state index in [2.05, 4.69) is 37.2 Å². The van der Waals surface area contributed by atoms with Crippen LogP contribution >= 0.6 is 0 Å². The lowest BCUT2D eigenvalue weighted by molar-refractivity contribution is -0.140. The summed E-state index contributed by atoms with van der Waals surface area (Å²) in [5, 5.41) is 6.88. The number of rotatable bonds is 8. The number of sulfone groups is 1. The van der Waals surface area contributed by atoms with Crippen molar-refractivity contribution in [2.24, 2.45) is 0 Å². The van der Waals surface area contributed by atoms with Gasteiger partial charge in [0.05, 0.1) is 34.2 Å². The van der Waals surface area contributed by atoms with Crippen molar-refractivity contribution in [2.45, 2.75) is 36.5 Å². The Morgan fingerprint density at radius 1 is 1.00 bits per heavy atom. The highest BCUT2D eigenvalue weighted by molar-refractivity contribution is 7.92. The van der Waals surface area contributed by atoms with Gasteiger partial charge in [0.2, 0.25) is 5.95 Å². The second-order valence-electron chi connectivity index (χ2n) is 9.90. The molecule has 0 bridgehead atoms. The molecule has 15 heteroatoms. The zero-order valence-electron chi connectivity index (χ0n) is 22.6. The van der Waals surface area contributed by atoms with E-state index in [1.807, 2.05) is 0 Å². The maximum atomic E-state index is 13.5. The lowest BCUT2D eigenvalue weighted by Crippen LogP contribution is -2.32. The molecule has 4 aromatic rings. The minimum atomic E-state index is -4.48. The van der Waals surface area contributed by atoms with Crippen molar-refractivity contribution in [3.63, 3.8) is 0 Å². The Kier molecular flexibility index (Phi) is 8.52. The van der Waals surface area contributed by atoms with E-state index < -0.39 is 32.6 Å². The van der Waals surface area contributed by atoms with E-state index in [9.17, 15) is 30.0 Å². The van der Waals surface area contributed by atoms with Crippen LogP contribution in [0.5, 0.6) is 0 Å². The van der Waals surface area contributed by atoms with Crippen molar-refractivity contribution < 1.29 is 30.0 Å². The predicted octanol–water partition coefficient (Wildman–Crippen LogP) is 4.25. The average Bonchev–Trinajstić information content (AvgIpc) is 3.29. The highest BCUT2D eigenvalue weighted by Gasteiger charge is 2.30. The first-order valence-corrected chi connectivity index (χ1v) is 16.5. The molecule has 0 atom stereocenters. The van der Waals surface area contributed by atoms with Gasteiger partial charge in [-0.1, -0.05) is 12.0 Å². The number of sulfonamides is 1. The van der Waals surface area contributed by atoms with Gasteiger partial charge in [0.15, 0.2) is 0 Å². The van der Waals surface area contributed by atoms with Crippen molar-refractivity contribution in [1.29, 1.82) is 0 Å². The lowest BCUT2D eigenvalue weighted by atomic mass is 10.1. The molecule has 2 aromatic carbocycles. The molecule has 43 heavy (non-hydrogen) atoms. The van der Waals surface area contributed by atoms with Crippen molar-refractivity contribution in [3.8, 4) is 11.8 Å². The van der Waals surface area contributed by atoms with Crippen LogP contribution in [0.2, 0.25) is 0 Å². The molecule has 1 aliphatic rings. The Hall–Kier alpha value is -4.29. The van der Waals surface area contributed by atoms with E-state index in [4.69, 9.17) is 0 Å². The smallest absolute Gasteiger partial charge is 0.382 e. The van der Waals surface area contributed by atoms with E-state index in [0.29, 0.717) is 35.1 Å². The third-order valence-electron chi connectivity index (χ3n) is 6.75. The summed E-state index contributed by atoms with van der Waals surface area (Å²) in [5.74, 6) is 5.74. The van der Waals surface area contributed by atoms with E-state index in [0.717, 1.165) is 4.57 Å². The molecule has 3 heterocycles. The molecule has 5 rings (SSSR count). The SMILES string of the molecule is O=S1(=O)CCC(Nc2cccc3c2cc(C#CCNc2ccc(S(=O)(=O)Nc4ncccn4)cc2)n3CC(F)(F)F)CC1. The number of alkyl halides is 3. The van der Waals surface area contributed by atoms with Crippen LogP contribution in [0.1, 0.15) is 18.5 Å². The van der Waals surface area contributed by atoms with Crippen LogP contribution in [-0.2, 0) is 26.4 Å². The average molecular weight is 633 g/mol. The van der Waals surface area contributed by atoms with Gasteiger partial charge in [0.25, 0.3) is 10.0 Å². The van der Waals surface area contributed by atoms with Gasteiger partial charge in [0, 0.05) is 35.2 Å². The number of nitrogens with zero attached hydrogens (tertiary/aromatic N) is 3. The predicted molar refractivity (Wildman–Crippen MR) is 158 cm³/mol. The van der Waals surface area contributed by atoms with Gasteiger partial charge in [0.1, 0.15) is 16.4 Å². The first-order chi connectivity index (χ1) is 20.4. The molecule has 0 amide bonds. The molecule has 3 N–H and O–H groups in total. The molecule has 2 aromatic heterocycles. The van der Waals surface area contributed by atoms with Crippen LogP contribution in [0.25, 0.3) is 10.9 Å². The van der Waals surface area contributed by atoms with Crippen LogP contribution in [0.3, 0.4) is 0 Å². The van der Waals surface area contributed by atoms with Crippen LogP contribution < -0.4 is 15.4 Å².